The number of amides is 2. The van der Waals surface area contributed by atoms with Crippen molar-refractivity contribution in [1.29, 1.82) is 0 Å². The summed E-state index contributed by atoms with van der Waals surface area (Å²) in [4.78, 5) is 20.5. The zero-order valence-electron chi connectivity index (χ0n) is 18.7. The van der Waals surface area contributed by atoms with Gasteiger partial charge in [-0.15, -0.1) is 0 Å². The Hall–Kier alpha value is -1.59. The van der Waals surface area contributed by atoms with Crippen molar-refractivity contribution < 1.29 is 4.79 Å². The highest BCUT2D eigenvalue weighted by Gasteiger charge is 2.47. The van der Waals surface area contributed by atoms with Gasteiger partial charge in [-0.1, -0.05) is 30.3 Å². The van der Waals surface area contributed by atoms with Crippen LogP contribution in [0.4, 0.5) is 4.79 Å². The van der Waals surface area contributed by atoms with E-state index in [1.807, 2.05) is 0 Å². The number of piperidine rings is 2. The van der Waals surface area contributed by atoms with Crippen LogP contribution in [0.3, 0.4) is 0 Å². The maximum atomic E-state index is 13.5. The van der Waals surface area contributed by atoms with E-state index < -0.39 is 0 Å². The van der Waals surface area contributed by atoms with Gasteiger partial charge in [-0.3, -0.25) is 4.90 Å². The quantitative estimate of drug-likeness (QED) is 0.840. The Bertz CT molecular complexity index is 699. The van der Waals surface area contributed by atoms with Crippen LogP contribution in [0.2, 0.25) is 0 Å². The number of benzene rings is 1. The van der Waals surface area contributed by atoms with Gasteiger partial charge in [0.25, 0.3) is 0 Å². The van der Waals surface area contributed by atoms with Gasteiger partial charge in [0, 0.05) is 36.8 Å². The van der Waals surface area contributed by atoms with Crippen molar-refractivity contribution in [2.45, 2.75) is 76.5 Å². The fourth-order valence-electron chi connectivity index (χ4n) is 5.49. The summed E-state index contributed by atoms with van der Waals surface area (Å²) in [7, 11) is 0. The lowest BCUT2D eigenvalue weighted by Crippen LogP contribution is -2.57. The minimum absolute atomic E-state index is 0.151. The molecule has 3 aliphatic heterocycles. The molecule has 5 nitrogen and oxygen atoms in total. The van der Waals surface area contributed by atoms with E-state index in [0.29, 0.717) is 11.6 Å². The summed E-state index contributed by atoms with van der Waals surface area (Å²) >= 11 is 0. The molecule has 2 amide bonds. The molecular weight excluding hydrogens is 360 g/mol. The van der Waals surface area contributed by atoms with Crippen LogP contribution in [-0.4, -0.2) is 70.6 Å². The van der Waals surface area contributed by atoms with Crippen molar-refractivity contribution >= 4 is 6.03 Å². The van der Waals surface area contributed by atoms with Crippen LogP contribution in [0.25, 0.3) is 0 Å². The fraction of sp³-hybridized carbons (Fsp3) is 0.708. The molecule has 1 unspecified atom stereocenters. The molecule has 1 N–H and O–H groups in total. The number of likely N-dealkylation sites (tertiary alicyclic amines) is 1. The van der Waals surface area contributed by atoms with E-state index in [4.69, 9.17) is 0 Å². The molecule has 3 aliphatic rings. The lowest BCUT2D eigenvalue weighted by atomic mass is 9.86. The first-order chi connectivity index (χ1) is 13.8. The highest BCUT2D eigenvalue weighted by atomic mass is 16.2. The first kappa shape index (κ1) is 20.7. The van der Waals surface area contributed by atoms with Crippen LogP contribution in [0.1, 0.15) is 65.0 Å². The lowest BCUT2D eigenvalue weighted by Gasteiger charge is -2.48. The molecule has 0 saturated carbocycles. The Kier molecular flexibility index (Phi) is 5.64. The second-order valence-electron chi connectivity index (χ2n) is 10.4. The molecule has 4 rings (SSSR count). The first-order valence-corrected chi connectivity index (χ1v) is 11.4. The summed E-state index contributed by atoms with van der Waals surface area (Å²) in [6, 6.07) is 11.3. The lowest BCUT2D eigenvalue weighted by molar-refractivity contribution is 0.0263. The average Bonchev–Trinajstić information content (AvgIpc) is 3.07. The molecule has 3 heterocycles. The van der Waals surface area contributed by atoms with Gasteiger partial charge in [0.15, 0.2) is 0 Å². The van der Waals surface area contributed by atoms with Crippen molar-refractivity contribution in [2.75, 3.05) is 32.7 Å². The van der Waals surface area contributed by atoms with Gasteiger partial charge in [-0.2, -0.15) is 0 Å². The van der Waals surface area contributed by atoms with Gasteiger partial charge in [-0.05, 0) is 72.0 Å². The average molecular weight is 399 g/mol. The smallest absolute Gasteiger partial charge is 0.317 e. The van der Waals surface area contributed by atoms with E-state index >= 15 is 0 Å². The summed E-state index contributed by atoms with van der Waals surface area (Å²) in [5.74, 6) is 0. The van der Waals surface area contributed by atoms with Crippen LogP contribution in [0, 0.1) is 0 Å². The largest absolute Gasteiger partial charge is 0.321 e. The molecule has 1 aromatic rings. The molecule has 3 fully saturated rings. The SMILES string of the molecule is CC(C)(C)N1CC(c2ccccc2)N(C2CCN(C3(C)CCNCC3)CC2)C1=O. The van der Waals surface area contributed by atoms with Gasteiger partial charge in [0.2, 0.25) is 0 Å². The summed E-state index contributed by atoms with van der Waals surface area (Å²) in [6.45, 7) is 14.1. The highest BCUT2D eigenvalue weighted by Crippen LogP contribution is 2.39. The van der Waals surface area contributed by atoms with Crippen LogP contribution in [0.15, 0.2) is 30.3 Å². The Balaban J connectivity index is 1.51. The first-order valence-electron chi connectivity index (χ1n) is 11.4. The molecule has 0 aliphatic carbocycles. The molecule has 1 atom stereocenters. The maximum absolute atomic E-state index is 13.5. The third kappa shape index (κ3) is 4.04. The normalized spacial score (nSPS) is 26.9. The molecule has 0 bridgehead atoms. The van der Waals surface area contributed by atoms with Crippen LogP contribution in [0.5, 0.6) is 0 Å². The Labute approximate surface area is 176 Å². The molecule has 3 saturated heterocycles. The van der Waals surface area contributed by atoms with E-state index in [2.05, 4.69) is 78.0 Å². The predicted octanol–water partition coefficient (Wildman–Crippen LogP) is 3.87. The molecule has 5 heteroatoms. The van der Waals surface area contributed by atoms with E-state index in [0.717, 1.165) is 45.6 Å². The number of rotatable bonds is 3. The Morgan fingerprint density at radius 2 is 1.66 bits per heavy atom. The molecule has 29 heavy (non-hydrogen) atoms. The van der Waals surface area contributed by atoms with Crippen molar-refractivity contribution in [3.63, 3.8) is 0 Å². The monoisotopic (exact) mass is 398 g/mol. The molecule has 0 spiro atoms. The maximum Gasteiger partial charge on any atom is 0.321 e. The van der Waals surface area contributed by atoms with E-state index in [-0.39, 0.29) is 17.6 Å². The number of nitrogens with one attached hydrogen (secondary N) is 1. The molecule has 160 valence electrons. The third-order valence-corrected chi connectivity index (χ3v) is 7.44. The van der Waals surface area contributed by atoms with E-state index in [1.165, 1.54) is 18.4 Å². The van der Waals surface area contributed by atoms with Crippen molar-refractivity contribution in [3.8, 4) is 0 Å². The number of carbonyl (C=O) groups is 1. The minimum Gasteiger partial charge on any atom is -0.317 e. The summed E-state index contributed by atoms with van der Waals surface area (Å²) in [5.41, 5.74) is 1.43. The second-order valence-corrected chi connectivity index (χ2v) is 10.4. The zero-order chi connectivity index (χ0) is 20.6. The highest BCUT2D eigenvalue weighted by molar-refractivity contribution is 5.78. The van der Waals surface area contributed by atoms with Crippen molar-refractivity contribution in [3.05, 3.63) is 35.9 Å². The van der Waals surface area contributed by atoms with E-state index in [9.17, 15) is 4.79 Å². The molecular formula is C24H38N4O. The molecule has 0 radical (unpaired) electrons. The number of hydrogen-bond acceptors (Lipinski definition) is 3. The Morgan fingerprint density at radius 3 is 2.24 bits per heavy atom. The third-order valence-electron chi connectivity index (χ3n) is 7.44. The van der Waals surface area contributed by atoms with E-state index in [1.54, 1.807) is 0 Å². The number of urea groups is 1. The van der Waals surface area contributed by atoms with Crippen molar-refractivity contribution in [1.82, 2.24) is 20.0 Å². The van der Waals surface area contributed by atoms with Crippen LogP contribution < -0.4 is 5.32 Å². The standard InChI is InChI=1S/C24H38N4O/c1-23(2,3)27-18-21(19-8-6-5-7-9-19)28(22(27)29)20-10-16-26(17-11-20)24(4)12-14-25-15-13-24/h5-9,20-21,25H,10-18H2,1-4H3. The summed E-state index contributed by atoms with van der Waals surface area (Å²) in [6.07, 6.45) is 4.61. The van der Waals surface area contributed by atoms with Gasteiger partial charge in [-0.25, -0.2) is 4.79 Å². The second kappa shape index (κ2) is 7.92. The Morgan fingerprint density at radius 1 is 1.03 bits per heavy atom. The van der Waals surface area contributed by atoms with Gasteiger partial charge >= 0.3 is 6.03 Å². The molecule has 0 aromatic heterocycles. The number of carbonyl (C=O) groups excluding carboxylic acids is 1. The number of nitrogens with zero attached hydrogens (tertiary/aromatic N) is 3. The van der Waals surface area contributed by atoms with Gasteiger partial charge < -0.3 is 15.1 Å². The van der Waals surface area contributed by atoms with Crippen LogP contribution in [-0.2, 0) is 0 Å². The fourth-order valence-corrected chi connectivity index (χ4v) is 5.49. The predicted molar refractivity (Wildman–Crippen MR) is 118 cm³/mol. The van der Waals surface area contributed by atoms with Crippen LogP contribution >= 0.6 is 0 Å². The minimum atomic E-state index is -0.151. The summed E-state index contributed by atoms with van der Waals surface area (Å²) in [5, 5.41) is 3.50. The van der Waals surface area contributed by atoms with Crippen molar-refractivity contribution in [2.24, 2.45) is 0 Å². The summed E-state index contributed by atoms with van der Waals surface area (Å²) < 4.78 is 0. The molecule has 1 aromatic carbocycles. The topological polar surface area (TPSA) is 38.8 Å². The van der Waals surface area contributed by atoms with Gasteiger partial charge in [0.1, 0.15) is 0 Å². The number of hydrogen-bond donors (Lipinski definition) is 1. The zero-order valence-corrected chi connectivity index (χ0v) is 18.7. The van der Waals surface area contributed by atoms with Gasteiger partial charge in [0.05, 0.1) is 6.04 Å².